The second-order valence-corrected chi connectivity index (χ2v) is 9.85. The lowest BCUT2D eigenvalue weighted by molar-refractivity contribution is -0.143. The molecule has 3 aliphatic rings. The standard InChI is InChI=1S/C24H31N5O4/c30-23(31)20-9-18-8-15(6-7-17(18)11-25-20)12-28-13-19(10-21(28)24(32)33)29-14-26-22(27-29)16-4-2-1-3-5-16/h1-5,14-15,17-21,25H,6-13H2,(H,30,31)(H,32,33). The van der Waals surface area contributed by atoms with E-state index in [0.29, 0.717) is 43.0 Å². The van der Waals surface area contributed by atoms with Crippen molar-refractivity contribution < 1.29 is 19.8 Å². The summed E-state index contributed by atoms with van der Waals surface area (Å²) >= 11 is 0. The molecule has 1 saturated carbocycles. The van der Waals surface area contributed by atoms with E-state index in [2.05, 4.69) is 20.3 Å². The highest BCUT2D eigenvalue weighted by molar-refractivity contribution is 5.74. The van der Waals surface area contributed by atoms with E-state index in [9.17, 15) is 19.8 Å². The predicted molar refractivity (Wildman–Crippen MR) is 120 cm³/mol. The summed E-state index contributed by atoms with van der Waals surface area (Å²) < 4.78 is 1.82. The van der Waals surface area contributed by atoms with Gasteiger partial charge >= 0.3 is 11.9 Å². The molecule has 9 heteroatoms. The van der Waals surface area contributed by atoms with Crippen LogP contribution in [0.25, 0.3) is 11.4 Å². The van der Waals surface area contributed by atoms with Gasteiger partial charge in [-0.2, -0.15) is 5.10 Å². The highest BCUT2D eigenvalue weighted by atomic mass is 16.4. The van der Waals surface area contributed by atoms with Gasteiger partial charge in [-0.15, -0.1) is 0 Å². The van der Waals surface area contributed by atoms with Gasteiger partial charge in [0.2, 0.25) is 0 Å². The molecule has 5 rings (SSSR count). The van der Waals surface area contributed by atoms with Crippen LogP contribution in [0.3, 0.4) is 0 Å². The lowest BCUT2D eigenvalue weighted by Crippen LogP contribution is -2.50. The Bertz CT molecular complexity index is 996. The number of hydrogen-bond donors (Lipinski definition) is 3. The number of aliphatic carboxylic acids is 2. The summed E-state index contributed by atoms with van der Waals surface area (Å²) in [7, 11) is 0. The van der Waals surface area contributed by atoms with Crippen LogP contribution >= 0.6 is 0 Å². The average Bonchev–Trinajstić information content (AvgIpc) is 3.47. The smallest absolute Gasteiger partial charge is 0.321 e. The van der Waals surface area contributed by atoms with Gasteiger partial charge < -0.3 is 15.5 Å². The molecular weight excluding hydrogens is 422 g/mol. The fraction of sp³-hybridized carbons (Fsp3) is 0.583. The van der Waals surface area contributed by atoms with Crippen molar-refractivity contribution in [3.8, 4) is 11.4 Å². The number of hydrogen-bond acceptors (Lipinski definition) is 6. The number of piperidine rings is 1. The summed E-state index contributed by atoms with van der Waals surface area (Å²) in [6.45, 7) is 2.15. The monoisotopic (exact) mass is 453 g/mol. The molecule has 0 amide bonds. The lowest BCUT2D eigenvalue weighted by Gasteiger charge is -2.42. The summed E-state index contributed by atoms with van der Waals surface area (Å²) in [6.07, 6.45) is 6.01. The van der Waals surface area contributed by atoms with E-state index < -0.39 is 24.0 Å². The molecule has 2 aliphatic heterocycles. The number of carboxylic acid groups (broad SMARTS) is 2. The largest absolute Gasteiger partial charge is 0.480 e. The second kappa shape index (κ2) is 9.23. The molecule has 0 spiro atoms. The molecule has 6 unspecified atom stereocenters. The third-order valence-corrected chi connectivity index (χ3v) is 7.79. The second-order valence-electron chi connectivity index (χ2n) is 9.85. The van der Waals surface area contributed by atoms with Crippen LogP contribution in [-0.4, -0.2) is 73.5 Å². The number of fused-ring (bicyclic) bond motifs is 1. The Labute approximate surface area is 192 Å². The number of carboxylic acids is 2. The Morgan fingerprint density at radius 1 is 1.03 bits per heavy atom. The Morgan fingerprint density at radius 2 is 1.85 bits per heavy atom. The molecule has 0 radical (unpaired) electrons. The van der Waals surface area contributed by atoms with Crippen molar-refractivity contribution >= 4 is 11.9 Å². The third kappa shape index (κ3) is 4.65. The molecule has 2 saturated heterocycles. The fourth-order valence-electron chi connectivity index (χ4n) is 6.05. The van der Waals surface area contributed by atoms with Crippen molar-refractivity contribution in [2.24, 2.45) is 17.8 Å². The van der Waals surface area contributed by atoms with E-state index in [1.807, 2.05) is 35.0 Å². The molecule has 1 aliphatic carbocycles. The third-order valence-electron chi connectivity index (χ3n) is 7.79. The molecule has 33 heavy (non-hydrogen) atoms. The van der Waals surface area contributed by atoms with Crippen molar-refractivity contribution in [3.05, 3.63) is 36.7 Å². The maximum absolute atomic E-state index is 12.0. The van der Waals surface area contributed by atoms with Crippen LogP contribution < -0.4 is 5.32 Å². The quantitative estimate of drug-likeness (QED) is 0.608. The summed E-state index contributed by atoms with van der Waals surface area (Å²) in [5.41, 5.74) is 0.944. The van der Waals surface area contributed by atoms with E-state index in [1.165, 1.54) is 0 Å². The highest BCUT2D eigenvalue weighted by Crippen LogP contribution is 2.40. The van der Waals surface area contributed by atoms with Crippen LogP contribution in [0, 0.1) is 17.8 Å². The molecule has 2 aromatic rings. The first-order valence-electron chi connectivity index (χ1n) is 11.9. The van der Waals surface area contributed by atoms with Gasteiger partial charge in [0, 0.05) is 18.7 Å². The van der Waals surface area contributed by atoms with Crippen molar-refractivity contribution in [3.63, 3.8) is 0 Å². The number of carbonyl (C=O) groups is 2. The first-order chi connectivity index (χ1) is 16.0. The van der Waals surface area contributed by atoms with Crippen molar-refractivity contribution in [2.45, 2.75) is 50.2 Å². The molecule has 3 fully saturated rings. The van der Waals surface area contributed by atoms with Gasteiger partial charge in [-0.3, -0.25) is 14.5 Å². The fourth-order valence-corrected chi connectivity index (χ4v) is 6.05. The van der Waals surface area contributed by atoms with Crippen LogP contribution in [0.1, 0.15) is 38.1 Å². The molecule has 176 valence electrons. The zero-order valence-corrected chi connectivity index (χ0v) is 18.6. The normalized spacial score (nSPS) is 32.4. The molecular formula is C24H31N5O4. The summed E-state index contributed by atoms with van der Waals surface area (Å²) in [5.74, 6) is 0.420. The number of nitrogens with zero attached hydrogens (tertiary/aromatic N) is 4. The number of likely N-dealkylation sites (tertiary alicyclic amines) is 1. The number of nitrogens with one attached hydrogen (secondary N) is 1. The van der Waals surface area contributed by atoms with E-state index in [4.69, 9.17) is 0 Å². The molecule has 3 N–H and O–H groups in total. The molecule has 1 aromatic heterocycles. The molecule has 9 nitrogen and oxygen atoms in total. The number of aromatic nitrogens is 3. The molecule has 0 bridgehead atoms. The zero-order chi connectivity index (χ0) is 22.9. The van der Waals surface area contributed by atoms with Crippen molar-refractivity contribution in [1.82, 2.24) is 25.0 Å². The topological polar surface area (TPSA) is 121 Å². The Hall–Kier alpha value is -2.78. The minimum absolute atomic E-state index is 0.0253. The molecule has 3 heterocycles. The maximum atomic E-state index is 12.0. The van der Waals surface area contributed by atoms with Crippen LogP contribution in [0.15, 0.2) is 36.7 Å². The van der Waals surface area contributed by atoms with Gasteiger partial charge in [-0.05, 0) is 56.4 Å². The first-order valence-corrected chi connectivity index (χ1v) is 11.9. The van der Waals surface area contributed by atoms with E-state index in [1.54, 1.807) is 6.33 Å². The van der Waals surface area contributed by atoms with E-state index in [0.717, 1.165) is 37.9 Å². The van der Waals surface area contributed by atoms with Crippen LogP contribution in [0.2, 0.25) is 0 Å². The molecule has 6 atom stereocenters. The van der Waals surface area contributed by atoms with Crippen LogP contribution in [0.5, 0.6) is 0 Å². The number of rotatable bonds is 6. The van der Waals surface area contributed by atoms with Gasteiger partial charge in [0.15, 0.2) is 5.82 Å². The Morgan fingerprint density at radius 3 is 2.61 bits per heavy atom. The van der Waals surface area contributed by atoms with E-state index in [-0.39, 0.29) is 6.04 Å². The Kier molecular flexibility index (Phi) is 6.16. The van der Waals surface area contributed by atoms with Crippen LogP contribution in [-0.2, 0) is 9.59 Å². The highest BCUT2D eigenvalue weighted by Gasteiger charge is 2.42. The summed E-state index contributed by atoms with van der Waals surface area (Å²) in [4.78, 5) is 30.0. The average molecular weight is 454 g/mol. The summed E-state index contributed by atoms with van der Waals surface area (Å²) in [6, 6.07) is 8.76. The SMILES string of the molecule is O=C(O)C1CC2CC(CN3CC(n4cnc(-c5ccccc5)n4)CC3C(=O)O)CCC2CN1. The van der Waals surface area contributed by atoms with E-state index >= 15 is 0 Å². The van der Waals surface area contributed by atoms with Crippen molar-refractivity contribution in [2.75, 3.05) is 19.6 Å². The predicted octanol–water partition coefficient (Wildman–Crippen LogP) is 2.12. The number of benzene rings is 1. The summed E-state index contributed by atoms with van der Waals surface area (Å²) in [5, 5.41) is 27.1. The van der Waals surface area contributed by atoms with Crippen LogP contribution in [0.4, 0.5) is 0 Å². The molecule has 1 aromatic carbocycles. The lowest BCUT2D eigenvalue weighted by atomic mass is 9.69. The van der Waals surface area contributed by atoms with Gasteiger partial charge in [-0.1, -0.05) is 30.3 Å². The van der Waals surface area contributed by atoms with Gasteiger partial charge in [-0.25, -0.2) is 9.67 Å². The first kappa shape index (κ1) is 22.0. The van der Waals surface area contributed by atoms with Crippen molar-refractivity contribution in [1.29, 1.82) is 0 Å². The minimum atomic E-state index is -0.789. The van der Waals surface area contributed by atoms with Gasteiger partial charge in [0.05, 0.1) is 6.04 Å². The van der Waals surface area contributed by atoms with Gasteiger partial charge in [0.25, 0.3) is 0 Å². The zero-order valence-electron chi connectivity index (χ0n) is 18.6. The van der Waals surface area contributed by atoms with Gasteiger partial charge in [0.1, 0.15) is 18.4 Å². The Balaban J connectivity index is 1.24. The minimum Gasteiger partial charge on any atom is -0.480 e. The maximum Gasteiger partial charge on any atom is 0.321 e.